The second-order valence-electron chi connectivity index (χ2n) is 14.4. The maximum Gasteiger partial charge on any atom is 0.272 e. The highest BCUT2D eigenvalue weighted by Crippen LogP contribution is 2.64. The number of anilines is 1. The number of nitrogens with zero attached hydrogens (tertiary/aromatic N) is 4. The summed E-state index contributed by atoms with van der Waals surface area (Å²) in [4.78, 5) is 36.9. The molecule has 4 aliphatic rings. The van der Waals surface area contributed by atoms with Crippen molar-refractivity contribution in [3.05, 3.63) is 71.2 Å². The highest BCUT2D eigenvalue weighted by atomic mass is 19.1. The van der Waals surface area contributed by atoms with Gasteiger partial charge in [-0.2, -0.15) is 0 Å². The third kappa shape index (κ3) is 5.37. The number of aryl methyl sites for hydroxylation is 1. The minimum Gasteiger partial charge on any atom is -0.377 e. The van der Waals surface area contributed by atoms with Crippen LogP contribution in [-0.2, 0) is 11.2 Å². The molecule has 8 heteroatoms. The highest BCUT2D eigenvalue weighted by Gasteiger charge is 2.61. The van der Waals surface area contributed by atoms with E-state index in [4.69, 9.17) is 6.42 Å². The Balaban J connectivity index is 1.02. The Morgan fingerprint density at radius 1 is 1.09 bits per heavy atom. The van der Waals surface area contributed by atoms with E-state index < -0.39 is 5.60 Å². The molecule has 0 bridgehead atoms. The summed E-state index contributed by atoms with van der Waals surface area (Å²) in [7, 11) is 0. The van der Waals surface area contributed by atoms with Gasteiger partial charge >= 0.3 is 0 Å². The number of piperazine rings is 1. The second-order valence-corrected chi connectivity index (χ2v) is 14.4. The Morgan fingerprint density at radius 2 is 1.87 bits per heavy atom. The number of halogens is 1. The monoisotopic (exact) mass is 636 g/mol. The zero-order valence-corrected chi connectivity index (χ0v) is 27.6. The highest BCUT2D eigenvalue weighted by molar-refractivity contribution is 5.97. The number of aliphatic hydroxyl groups is 1. The molecule has 2 amide bonds. The van der Waals surface area contributed by atoms with Gasteiger partial charge in [-0.05, 0) is 98.1 Å². The molecule has 2 unspecified atom stereocenters. The molecule has 3 aromatic rings. The van der Waals surface area contributed by atoms with Crippen molar-refractivity contribution in [3.63, 3.8) is 0 Å². The number of amides is 2. The van der Waals surface area contributed by atoms with Crippen LogP contribution in [0, 0.1) is 35.4 Å². The number of hydrogen-bond acceptors (Lipinski definition) is 5. The molecule has 1 saturated heterocycles. The maximum atomic E-state index is 15.6. The fourth-order valence-electron chi connectivity index (χ4n) is 9.40. The molecule has 7 rings (SSSR count). The van der Waals surface area contributed by atoms with Crippen molar-refractivity contribution >= 4 is 28.4 Å². The molecule has 7 nitrogen and oxygen atoms in total. The van der Waals surface area contributed by atoms with Crippen molar-refractivity contribution in [2.45, 2.75) is 70.3 Å². The molecule has 2 saturated carbocycles. The Labute approximate surface area is 277 Å². The molecule has 47 heavy (non-hydrogen) atoms. The Morgan fingerprint density at radius 3 is 2.64 bits per heavy atom. The molecule has 0 radical (unpaired) electrons. The van der Waals surface area contributed by atoms with E-state index in [0.717, 1.165) is 55.0 Å². The Hall–Kier alpha value is -3.96. The molecular formula is C39H45FN4O3. The van der Waals surface area contributed by atoms with Crippen molar-refractivity contribution in [1.82, 2.24) is 14.8 Å². The van der Waals surface area contributed by atoms with Crippen LogP contribution in [0.25, 0.3) is 10.9 Å². The second kappa shape index (κ2) is 12.2. The molecular weight excluding hydrogens is 591 g/mol. The largest absolute Gasteiger partial charge is 0.377 e. The van der Waals surface area contributed by atoms with E-state index in [1.165, 1.54) is 5.56 Å². The average molecular weight is 637 g/mol. The summed E-state index contributed by atoms with van der Waals surface area (Å²) >= 11 is 0. The predicted octanol–water partition coefficient (Wildman–Crippen LogP) is 5.80. The van der Waals surface area contributed by atoms with Crippen LogP contribution in [0.2, 0.25) is 0 Å². The van der Waals surface area contributed by atoms with Crippen molar-refractivity contribution in [1.29, 1.82) is 0 Å². The van der Waals surface area contributed by atoms with Crippen LogP contribution in [0.5, 0.6) is 0 Å². The number of para-hydroxylation sites is 1. The summed E-state index contributed by atoms with van der Waals surface area (Å²) in [5.41, 5.74) is 2.75. The normalized spacial score (nSPS) is 28.3. The third-order valence-corrected chi connectivity index (χ3v) is 12.1. The maximum absolute atomic E-state index is 15.6. The van der Waals surface area contributed by atoms with Crippen LogP contribution in [0.15, 0.2) is 48.5 Å². The predicted molar refractivity (Wildman–Crippen MR) is 182 cm³/mol. The number of carbonyl (C=O) groups excluding carboxylic acids is 2. The number of pyridine rings is 1. The molecule has 246 valence electrons. The summed E-state index contributed by atoms with van der Waals surface area (Å²) in [5, 5.41) is 12.3. The number of hydrogen-bond donors (Lipinski definition) is 1. The van der Waals surface area contributed by atoms with E-state index >= 15 is 4.39 Å². The first-order valence-corrected chi connectivity index (χ1v) is 17.4. The number of aromatic nitrogens is 1. The van der Waals surface area contributed by atoms with Crippen molar-refractivity contribution in [2.75, 3.05) is 44.2 Å². The smallest absolute Gasteiger partial charge is 0.272 e. The number of benzene rings is 2. The van der Waals surface area contributed by atoms with E-state index in [9.17, 15) is 14.7 Å². The molecule has 2 heterocycles. The van der Waals surface area contributed by atoms with Crippen LogP contribution < -0.4 is 4.90 Å². The number of terminal acetylenes is 1. The number of rotatable bonds is 6. The van der Waals surface area contributed by atoms with Crippen LogP contribution in [0.3, 0.4) is 0 Å². The van der Waals surface area contributed by atoms with Crippen LogP contribution in [0.4, 0.5) is 10.1 Å². The van der Waals surface area contributed by atoms with Crippen LogP contribution in [0.1, 0.15) is 79.9 Å². The first kappa shape index (κ1) is 31.6. The minimum atomic E-state index is -1.04. The number of carbonyl (C=O) groups is 2. The van der Waals surface area contributed by atoms with Gasteiger partial charge in [0.25, 0.3) is 5.91 Å². The first-order valence-electron chi connectivity index (χ1n) is 17.4. The lowest BCUT2D eigenvalue weighted by Crippen LogP contribution is -2.52. The van der Waals surface area contributed by atoms with Crippen molar-refractivity contribution in [3.8, 4) is 12.3 Å². The molecule has 1 N–H and O–H groups in total. The summed E-state index contributed by atoms with van der Waals surface area (Å²) in [6.07, 6.45) is 11.9. The average Bonchev–Trinajstić information content (AvgIpc) is 3.37. The van der Waals surface area contributed by atoms with Crippen LogP contribution in [-0.4, -0.2) is 76.6 Å². The van der Waals surface area contributed by atoms with Gasteiger partial charge in [0, 0.05) is 43.5 Å². The van der Waals surface area contributed by atoms with Crippen molar-refractivity contribution < 1.29 is 19.1 Å². The third-order valence-electron chi connectivity index (χ3n) is 12.1. The minimum absolute atomic E-state index is 0.00760. The molecule has 0 spiro atoms. The molecule has 1 aliphatic heterocycles. The molecule has 1 aromatic heterocycles. The lowest BCUT2D eigenvalue weighted by Gasteiger charge is -2.52. The standard InChI is InChI=1S/C39H45FN4O3/c1-4-18-44(37(46)34-13-11-26-8-6-7-9-33(26)41-34)25-36(45)43-21-19-42(20-22-43)35-24-30-27(23-32(35)40)10-12-29-28(30)14-16-38(3)31(29)15-17-39(38,47)5-2/h2,6-9,11,13,23-24,28-29,31,47H,4,10,12,14-22,25H2,1,3H3/t28?,29-,31?,38+,39+/m1/s1. The Bertz CT molecular complexity index is 1750. The SMILES string of the molecule is C#C[C@]1(O)CCC2[C@@H]3CCc4cc(F)c(N5CCN(C(=O)CN(CCC)C(=O)c6ccc7ccccc7n6)CC5)cc4C3CC[C@@]21C. The quantitative estimate of drug-likeness (QED) is 0.347. The molecule has 5 atom stereocenters. The fourth-order valence-corrected chi connectivity index (χ4v) is 9.40. The van der Waals surface area contributed by atoms with Gasteiger partial charge < -0.3 is 19.8 Å². The fraction of sp³-hybridized carbons (Fsp3) is 0.513. The van der Waals surface area contributed by atoms with E-state index in [2.05, 4.69) is 28.8 Å². The van der Waals surface area contributed by atoms with Gasteiger partial charge in [-0.15, -0.1) is 6.42 Å². The Kier molecular flexibility index (Phi) is 8.24. The van der Waals surface area contributed by atoms with Gasteiger partial charge in [0.15, 0.2) is 0 Å². The lowest BCUT2D eigenvalue weighted by atomic mass is 9.53. The topological polar surface area (TPSA) is 77.0 Å². The van der Waals surface area contributed by atoms with E-state index in [1.807, 2.05) is 37.3 Å². The summed E-state index contributed by atoms with van der Waals surface area (Å²) in [5.74, 6) is 3.36. The summed E-state index contributed by atoms with van der Waals surface area (Å²) in [6.45, 7) is 6.62. The van der Waals surface area contributed by atoms with Gasteiger partial charge in [0.1, 0.15) is 23.7 Å². The lowest BCUT2D eigenvalue weighted by molar-refractivity contribution is -0.132. The zero-order valence-electron chi connectivity index (χ0n) is 27.6. The van der Waals surface area contributed by atoms with Gasteiger partial charge in [-0.25, -0.2) is 9.37 Å². The summed E-state index contributed by atoms with van der Waals surface area (Å²) in [6, 6.07) is 15.1. The molecule has 2 aromatic carbocycles. The van der Waals surface area contributed by atoms with Gasteiger partial charge in [0.2, 0.25) is 5.91 Å². The van der Waals surface area contributed by atoms with E-state index in [1.54, 1.807) is 21.9 Å². The van der Waals surface area contributed by atoms with E-state index in [0.29, 0.717) is 68.3 Å². The molecule has 3 fully saturated rings. The van der Waals surface area contributed by atoms with E-state index in [-0.39, 0.29) is 29.6 Å². The van der Waals surface area contributed by atoms with Crippen LogP contribution >= 0.6 is 0 Å². The van der Waals surface area contributed by atoms with Gasteiger partial charge in [0.05, 0.1) is 11.2 Å². The van der Waals surface area contributed by atoms with Crippen molar-refractivity contribution in [2.24, 2.45) is 17.3 Å². The zero-order chi connectivity index (χ0) is 32.9. The van der Waals surface area contributed by atoms with Gasteiger partial charge in [-0.3, -0.25) is 9.59 Å². The first-order chi connectivity index (χ1) is 22.7. The van der Waals surface area contributed by atoms with Gasteiger partial charge in [-0.1, -0.05) is 44.0 Å². The summed E-state index contributed by atoms with van der Waals surface area (Å²) < 4.78 is 15.6. The molecule has 3 aliphatic carbocycles. The number of fused-ring (bicyclic) bond motifs is 6.